The predicted molar refractivity (Wildman–Crippen MR) is 222 cm³/mol. The van der Waals surface area contributed by atoms with Crippen molar-refractivity contribution in [1.82, 2.24) is 0 Å². The molecule has 0 aliphatic heterocycles. The Kier molecular flexibility index (Phi) is 10.4. The highest BCUT2D eigenvalue weighted by Crippen LogP contribution is 2.45. The summed E-state index contributed by atoms with van der Waals surface area (Å²) in [6.07, 6.45) is 0.449. The van der Waals surface area contributed by atoms with Gasteiger partial charge in [-0.3, -0.25) is 9.11 Å². The van der Waals surface area contributed by atoms with Crippen molar-refractivity contribution in [1.29, 1.82) is 0 Å². The molecule has 0 bridgehead atoms. The van der Waals surface area contributed by atoms with E-state index in [9.17, 15) is 31.0 Å². The van der Waals surface area contributed by atoms with Crippen LogP contribution in [0.15, 0.2) is 103 Å². The summed E-state index contributed by atoms with van der Waals surface area (Å²) in [5.41, 5.74) is 40.0. The normalized spacial score (nSPS) is 12.3. The van der Waals surface area contributed by atoms with Crippen LogP contribution < -0.4 is 28.7 Å². The molecule has 0 fully saturated rings. The second-order valence-corrected chi connectivity index (χ2v) is 16.5. The molecule has 0 atom stereocenters. The summed E-state index contributed by atoms with van der Waals surface area (Å²) in [7, 11) is -9.75. The number of nitrogen functional groups attached to an aromatic ring is 5. The van der Waals surface area contributed by atoms with Crippen LogP contribution in [0.25, 0.3) is 21.9 Å². The van der Waals surface area contributed by atoms with E-state index in [-0.39, 0.29) is 16.5 Å². The Bertz CT molecular complexity index is 2950. The molecule has 16 nitrogen and oxygen atoms in total. The summed E-state index contributed by atoms with van der Waals surface area (Å²) < 4.78 is 67.4. The van der Waals surface area contributed by atoms with Gasteiger partial charge in [-0.1, -0.05) is 24.3 Å². The van der Waals surface area contributed by atoms with Crippen LogP contribution in [0.2, 0.25) is 0 Å². The van der Waals surface area contributed by atoms with Gasteiger partial charge >= 0.3 is 0 Å². The van der Waals surface area contributed by atoms with Crippen molar-refractivity contribution >= 4 is 82.2 Å². The van der Waals surface area contributed by atoms with Crippen LogP contribution in [-0.2, 0) is 26.7 Å². The molecule has 6 rings (SSSR count). The van der Waals surface area contributed by atoms with Crippen LogP contribution in [0.4, 0.5) is 51.2 Å². The molecule has 294 valence electrons. The average molecular weight is 810 g/mol. The fourth-order valence-electron chi connectivity index (χ4n) is 6.35. The monoisotopic (exact) mass is 809 g/mol. The first kappa shape index (κ1) is 40.1. The topological polar surface area (TPSA) is 309 Å². The fourth-order valence-corrected chi connectivity index (χ4v) is 7.56. The van der Waals surface area contributed by atoms with Crippen LogP contribution >= 0.6 is 0 Å². The van der Waals surface area contributed by atoms with Gasteiger partial charge in [0.25, 0.3) is 20.2 Å². The van der Waals surface area contributed by atoms with E-state index in [0.29, 0.717) is 51.8 Å². The Morgan fingerprint density at radius 3 is 1.65 bits per heavy atom. The number of nitrogens with zero attached hydrogens (tertiary/aromatic N) is 4. The standard InChI is InChI=1S/C39H39N9O7S2/c1-18-9-24(29(41)17-28(18)40)13-26-12-21(4)35(43)38(36(26)44)48-46-32-8-6-23(11-20(32)3)22-5-7-31(19(2)10-22)45-47-37-33(57(53,54)55)15-25-14-27(56(50,51)52)16-30(42)34(25)39(37)49/h5-12,14-17,49H,13,40-44H2,1-4H3,(H,50,51,52)(H,53,54,55). The maximum atomic E-state index is 12.3. The first-order valence-electron chi connectivity index (χ1n) is 17.0. The third-order valence-corrected chi connectivity index (χ3v) is 11.3. The minimum absolute atomic E-state index is 0.167. The molecule has 6 aromatic carbocycles. The maximum Gasteiger partial charge on any atom is 0.296 e. The molecule has 0 saturated carbocycles. The number of nitrogens with two attached hydrogens (primary N) is 5. The Balaban J connectivity index is 1.28. The highest BCUT2D eigenvalue weighted by molar-refractivity contribution is 7.86. The number of aryl methyl sites for hydroxylation is 4. The van der Waals surface area contributed by atoms with E-state index >= 15 is 0 Å². The summed E-state index contributed by atoms with van der Waals surface area (Å²) in [4.78, 5) is -1.51. The largest absolute Gasteiger partial charge is 0.505 e. The summed E-state index contributed by atoms with van der Waals surface area (Å²) in [6.45, 7) is 7.41. The molecule has 0 heterocycles. The Morgan fingerprint density at radius 2 is 1.11 bits per heavy atom. The summed E-state index contributed by atoms with van der Waals surface area (Å²) in [5.74, 6) is -0.781. The lowest BCUT2D eigenvalue weighted by atomic mass is 9.96. The average Bonchev–Trinajstić information content (AvgIpc) is 3.12. The van der Waals surface area contributed by atoms with Crippen molar-refractivity contribution < 1.29 is 31.0 Å². The van der Waals surface area contributed by atoms with Crippen LogP contribution in [0, 0.1) is 27.7 Å². The second-order valence-electron chi connectivity index (χ2n) is 13.6. The number of benzene rings is 6. The van der Waals surface area contributed by atoms with Gasteiger partial charge in [0.1, 0.15) is 16.3 Å². The van der Waals surface area contributed by atoms with Crippen molar-refractivity contribution in [3.8, 4) is 16.9 Å². The zero-order valence-electron chi connectivity index (χ0n) is 31.1. The lowest BCUT2D eigenvalue weighted by Gasteiger charge is -2.15. The third-order valence-electron chi connectivity index (χ3n) is 9.55. The van der Waals surface area contributed by atoms with Gasteiger partial charge in [0.05, 0.1) is 27.6 Å². The van der Waals surface area contributed by atoms with Crippen molar-refractivity contribution in [2.24, 2.45) is 20.5 Å². The molecule has 0 aromatic heterocycles. The van der Waals surface area contributed by atoms with E-state index in [0.717, 1.165) is 57.1 Å². The number of fused-ring (bicyclic) bond motifs is 1. The van der Waals surface area contributed by atoms with Gasteiger partial charge in [0.15, 0.2) is 5.75 Å². The molecular formula is C39H39N9O7S2. The molecule has 57 heavy (non-hydrogen) atoms. The predicted octanol–water partition coefficient (Wildman–Crippen LogP) is 8.27. The van der Waals surface area contributed by atoms with E-state index in [2.05, 4.69) is 20.5 Å². The Morgan fingerprint density at radius 1 is 0.544 bits per heavy atom. The first-order chi connectivity index (χ1) is 26.6. The molecule has 0 saturated heterocycles. The zero-order valence-corrected chi connectivity index (χ0v) is 32.7. The van der Waals surface area contributed by atoms with E-state index in [1.807, 2.05) is 57.2 Å². The molecule has 0 aliphatic rings. The van der Waals surface area contributed by atoms with Crippen molar-refractivity contribution in [2.45, 2.75) is 43.9 Å². The molecule has 0 aliphatic carbocycles. The van der Waals surface area contributed by atoms with Gasteiger partial charge in [-0.15, -0.1) is 10.2 Å². The van der Waals surface area contributed by atoms with Crippen molar-refractivity contribution in [3.05, 3.63) is 106 Å². The minimum atomic E-state index is -5.02. The smallest absolute Gasteiger partial charge is 0.296 e. The molecule has 0 amide bonds. The van der Waals surface area contributed by atoms with E-state index < -0.39 is 41.5 Å². The second kappa shape index (κ2) is 14.8. The number of azo groups is 2. The number of rotatable bonds is 9. The Hall–Kier alpha value is -6.60. The highest BCUT2D eigenvalue weighted by atomic mass is 32.2. The van der Waals surface area contributed by atoms with Crippen LogP contribution in [0.5, 0.6) is 5.75 Å². The zero-order chi connectivity index (χ0) is 41.7. The molecule has 0 radical (unpaired) electrons. The summed E-state index contributed by atoms with van der Waals surface area (Å²) >= 11 is 0. The number of hydrogen-bond acceptors (Lipinski definition) is 14. The van der Waals surface area contributed by atoms with Crippen LogP contribution in [-0.4, -0.2) is 31.0 Å². The number of aromatic hydroxyl groups is 1. The van der Waals surface area contributed by atoms with Gasteiger partial charge in [0.2, 0.25) is 0 Å². The first-order valence-corrected chi connectivity index (χ1v) is 19.9. The van der Waals surface area contributed by atoms with Crippen LogP contribution in [0.3, 0.4) is 0 Å². The molecular weight excluding hydrogens is 771 g/mol. The SMILES string of the molecule is Cc1cc(Cc2cc(C)c(N)c(N=Nc3ccc(-c4ccc(N=Nc5c(S(=O)(=O)O)cc6cc(S(=O)(=O)O)cc(N)c6c5O)c(C)c4)cc3C)c2N)c(N)cc1N. The van der Waals surface area contributed by atoms with Crippen molar-refractivity contribution in [2.75, 3.05) is 28.7 Å². The minimum Gasteiger partial charge on any atom is -0.505 e. The van der Waals surface area contributed by atoms with E-state index in [1.54, 1.807) is 25.1 Å². The quantitative estimate of drug-likeness (QED) is 0.0389. The lowest BCUT2D eigenvalue weighted by Crippen LogP contribution is -2.04. The van der Waals surface area contributed by atoms with E-state index in [1.165, 1.54) is 0 Å². The van der Waals surface area contributed by atoms with Gasteiger partial charge in [-0.2, -0.15) is 27.1 Å². The lowest BCUT2D eigenvalue weighted by molar-refractivity contribution is 0.472. The van der Waals surface area contributed by atoms with E-state index in [4.69, 9.17) is 28.7 Å². The number of anilines is 5. The molecule has 13 N–H and O–H groups in total. The number of hydrogen-bond donors (Lipinski definition) is 8. The van der Waals surface area contributed by atoms with Crippen molar-refractivity contribution in [3.63, 3.8) is 0 Å². The summed E-state index contributed by atoms with van der Waals surface area (Å²) in [6, 6.07) is 19.1. The fraction of sp³-hybridized carbons (Fsp3) is 0.128. The molecule has 0 unspecified atom stereocenters. The Labute approximate surface area is 328 Å². The highest BCUT2D eigenvalue weighted by Gasteiger charge is 2.25. The number of phenolic OH excluding ortho intramolecular Hbond substituents is 1. The van der Waals surface area contributed by atoms with Gasteiger partial charge in [-0.25, -0.2) is 0 Å². The van der Waals surface area contributed by atoms with Gasteiger partial charge < -0.3 is 33.8 Å². The van der Waals surface area contributed by atoms with Gasteiger partial charge in [-0.05, 0) is 126 Å². The van der Waals surface area contributed by atoms with Crippen LogP contribution in [0.1, 0.15) is 33.4 Å². The third kappa shape index (κ3) is 8.05. The van der Waals surface area contributed by atoms with Gasteiger partial charge in [0, 0.05) is 28.9 Å². The number of phenols is 1. The maximum absolute atomic E-state index is 12.3. The molecule has 6 aromatic rings. The molecule has 0 spiro atoms. The summed E-state index contributed by atoms with van der Waals surface area (Å²) in [5, 5.41) is 27.7. The molecule has 18 heteroatoms.